The number of rotatable bonds is 9. The fraction of sp³-hybridized carbons (Fsp3) is 0.304. The number of amides is 1. The van der Waals surface area contributed by atoms with Crippen molar-refractivity contribution in [2.75, 3.05) is 11.6 Å². The lowest BCUT2D eigenvalue weighted by atomic mass is 10.3. The van der Waals surface area contributed by atoms with Crippen LogP contribution in [0.4, 0.5) is 5.69 Å². The molecule has 1 amide bonds. The van der Waals surface area contributed by atoms with Crippen molar-refractivity contribution in [1.29, 1.82) is 0 Å². The molecule has 0 spiro atoms. The fourth-order valence-corrected chi connectivity index (χ4v) is 4.40. The summed E-state index contributed by atoms with van der Waals surface area (Å²) in [5.41, 5.74) is -0.621. The van der Waals surface area contributed by atoms with Gasteiger partial charge in [0.05, 0.1) is 24.0 Å². The maximum atomic E-state index is 13.4. The molecule has 1 N–H and O–H groups in total. The van der Waals surface area contributed by atoms with E-state index in [9.17, 15) is 22.8 Å². The number of unbranched alkanes of at least 4 members (excludes halogenated alkanes) is 1. The normalized spacial score (nSPS) is 11.7. The molecule has 12 heteroatoms. The summed E-state index contributed by atoms with van der Waals surface area (Å²) in [6.45, 7) is 2.00. The van der Waals surface area contributed by atoms with Gasteiger partial charge in [-0.15, -0.1) is 0 Å². The number of hydrogen-bond donors (Lipinski definition) is 1. The zero-order valence-corrected chi connectivity index (χ0v) is 20.1. The van der Waals surface area contributed by atoms with Crippen LogP contribution in [0.15, 0.2) is 67.9 Å². The quantitative estimate of drug-likeness (QED) is 0.371. The van der Waals surface area contributed by atoms with Gasteiger partial charge >= 0.3 is 5.69 Å². The highest BCUT2D eigenvalue weighted by atomic mass is 32.2. The molecule has 0 fully saturated rings. The third kappa shape index (κ3) is 5.11. The molecule has 0 aliphatic rings. The van der Waals surface area contributed by atoms with Gasteiger partial charge in [-0.25, -0.2) is 22.8 Å². The van der Waals surface area contributed by atoms with Crippen molar-refractivity contribution in [1.82, 2.24) is 18.7 Å². The molecule has 0 aliphatic heterocycles. The molecule has 0 atom stereocenters. The lowest BCUT2D eigenvalue weighted by molar-refractivity contribution is -0.116. The predicted molar refractivity (Wildman–Crippen MR) is 129 cm³/mol. The Kier molecular flexibility index (Phi) is 6.74. The van der Waals surface area contributed by atoms with Gasteiger partial charge in [-0.3, -0.25) is 14.2 Å². The van der Waals surface area contributed by atoms with Crippen LogP contribution in [-0.4, -0.2) is 39.3 Å². The molecule has 4 aromatic rings. The monoisotopic (exact) mass is 499 g/mol. The van der Waals surface area contributed by atoms with E-state index in [-0.39, 0.29) is 28.3 Å². The smallest absolute Gasteiger partial charge is 0.333 e. The molecule has 3 heterocycles. The Morgan fingerprint density at radius 2 is 1.94 bits per heavy atom. The maximum Gasteiger partial charge on any atom is 0.333 e. The van der Waals surface area contributed by atoms with E-state index >= 15 is 0 Å². The molecule has 0 bridgehead atoms. The maximum absolute atomic E-state index is 13.4. The van der Waals surface area contributed by atoms with Crippen LogP contribution in [0.25, 0.3) is 11.2 Å². The van der Waals surface area contributed by atoms with Gasteiger partial charge in [-0.1, -0.05) is 19.4 Å². The van der Waals surface area contributed by atoms with Gasteiger partial charge < -0.3 is 14.3 Å². The predicted octanol–water partition coefficient (Wildman–Crippen LogP) is 1.84. The highest BCUT2D eigenvalue weighted by Gasteiger charge is 2.20. The van der Waals surface area contributed by atoms with Crippen molar-refractivity contribution in [2.45, 2.75) is 44.3 Å². The molecular weight excluding hydrogens is 474 g/mol. The van der Waals surface area contributed by atoms with E-state index < -0.39 is 33.5 Å². The van der Waals surface area contributed by atoms with Crippen LogP contribution in [-0.2, 0) is 34.3 Å². The number of fused-ring (bicyclic) bond motifs is 1. The second-order valence-corrected chi connectivity index (χ2v) is 10.2. The average Bonchev–Trinajstić information content (AvgIpc) is 3.47. The number of benzene rings is 1. The molecule has 11 nitrogen and oxygen atoms in total. The number of hydrogen-bond acceptors (Lipinski definition) is 7. The number of aromatic nitrogens is 4. The van der Waals surface area contributed by atoms with Crippen molar-refractivity contribution in [3.8, 4) is 0 Å². The Balaban J connectivity index is 1.73. The number of nitrogens with one attached hydrogen (secondary N) is 1. The first-order chi connectivity index (χ1) is 16.7. The third-order valence-corrected chi connectivity index (χ3v) is 6.58. The van der Waals surface area contributed by atoms with Crippen molar-refractivity contribution < 1.29 is 17.6 Å². The van der Waals surface area contributed by atoms with Gasteiger partial charge in [0.15, 0.2) is 21.0 Å². The standard InChI is InChI=1S/C23H25N5O6S/c1-3-4-10-27-21-20(26(15-24-21)13-17-8-6-11-34-17)22(30)28(23(27)31)14-19(29)25-16-7-5-9-18(12-16)35(2,32)33/h5-9,11-12,15H,3-4,10,13-14H2,1-2H3,(H,25,29). The Labute approximate surface area is 200 Å². The molecule has 3 aromatic heterocycles. The zero-order valence-electron chi connectivity index (χ0n) is 19.3. The molecule has 0 unspecified atom stereocenters. The number of nitrogens with zero attached hydrogens (tertiary/aromatic N) is 4. The summed E-state index contributed by atoms with van der Waals surface area (Å²) in [6, 6.07) is 9.24. The minimum Gasteiger partial charge on any atom is -0.467 e. The van der Waals surface area contributed by atoms with E-state index in [2.05, 4.69) is 10.3 Å². The summed E-state index contributed by atoms with van der Waals surface area (Å²) in [7, 11) is -3.47. The van der Waals surface area contributed by atoms with E-state index in [1.807, 2.05) is 6.92 Å². The Morgan fingerprint density at radius 3 is 2.63 bits per heavy atom. The summed E-state index contributed by atoms with van der Waals surface area (Å²) in [4.78, 5) is 43.7. The van der Waals surface area contributed by atoms with Gasteiger partial charge in [-0.05, 0) is 36.8 Å². The Bertz CT molecular complexity index is 1600. The minimum absolute atomic E-state index is 0.0395. The molecule has 35 heavy (non-hydrogen) atoms. The van der Waals surface area contributed by atoms with E-state index in [1.165, 1.54) is 41.4 Å². The van der Waals surface area contributed by atoms with Crippen LogP contribution in [0.1, 0.15) is 25.5 Å². The highest BCUT2D eigenvalue weighted by Crippen LogP contribution is 2.15. The Hall–Kier alpha value is -3.93. The fourth-order valence-electron chi connectivity index (χ4n) is 3.73. The number of aryl methyl sites for hydroxylation is 1. The van der Waals surface area contributed by atoms with E-state index in [0.717, 1.165) is 17.2 Å². The highest BCUT2D eigenvalue weighted by molar-refractivity contribution is 7.90. The largest absolute Gasteiger partial charge is 0.467 e. The van der Waals surface area contributed by atoms with Gasteiger partial charge in [-0.2, -0.15) is 0 Å². The molecule has 4 rings (SSSR count). The first kappa shape index (κ1) is 24.2. The second-order valence-electron chi connectivity index (χ2n) is 8.15. The van der Waals surface area contributed by atoms with Crippen molar-refractivity contribution in [3.05, 3.63) is 75.6 Å². The molecule has 0 saturated heterocycles. The molecule has 0 radical (unpaired) electrons. The second kappa shape index (κ2) is 9.74. The number of furan rings is 1. The number of carbonyl (C=O) groups excluding carboxylic acids is 1. The number of imidazole rings is 1. The molecular formula is C23H25N5O6S. The third-order valence-electron chi connectivity index (χ3n) is 5.47. The number of anilines is 1. The molecule has 184 valence electrons. The van der Waals surface area contributed by atoms with Crippen LogP contribution in [0.3, 0.4) is 0 Å². The van der Waals surface area contributed by atoms with Gasteiger partial charge in [0.25, 0.3) is 5.56 Å². The van der Waals surface area contributed by atoms with Gasteiger partial charge in [0, 0.05) is 18.5 Å². The number of carbonyl (C=O) groups is 1. The van der Waals surface area contributed by atoms with Crippen LogP contribution in [0, 0.1) is 0 Å². The first-order valence-electron chi connectivity index (χ1n) is 11.0. The first-order valence-corrected chi connectivity index (χ1v) is 12.9. The summed E-state index contributed by atoms with van der Waals surface area (Å²) >= 11 is 0. The summed E-state index contributed by atoms with van der Waals surface area (Å²) in [5, 5.41) is 2.56. The number of sulfone groups is 1. The minimum atomic E-state index is -3.47. The van der Waals surface area contributed by atoms with E-state index in [0.29, 0.717) is 18.7 Å². The summed E-state index contributed by atoms with van der Waals surface area (Å²) in [5.74, 6) is -0.0431. The van der Waals surface area contributed by atoms with Crippen LogP contribution in [0.2, 0.25) is 0 Å². The topological polar surface area (TPSA) is 138 Å². The van der Waals surface area contributed by atoms with Crippen LogP contribution in [0.5, 0.6) is 0 Å². The van der Waals surface area contributed by atoms with E-state index in [1.54, 1.807) is 16.7 Å². The lowest BCUT2D eigenvalue weighted by Gasteiger charge is -2.12. The van der Waals surface area contributed by atoms with Crippen LogP contribution < -0.4 is 16.6 Å². The molecule has 0 aliphatic carbocycles. The summed E-state index contributed by atoms with van der Waals surface area (Å²) in [6.07, 6.45) is 5.55. The molecule has 0 saturated carbocycles. The van der Waals surface area contributed by atoms with E-state index in [4.69, 9.17) is 4.42 Å². The van der Waals surface area contributed by atoms with Crippen molar-refractivity contribution >= 4 is 32.6 Å². The van der Waals surface area contributed by atoms with Crippen molar-refractivity contribution in [3.63, 3.8) is 0 Å². The van der Waals surface area contributed by atoms with Crippen molar-refractivity contribution in [2.24, 2.45) is 0 Å². The van der Waals surface area contributed by atoms with Gasteiger partial charge in [0.1, 0.15) is 12.3 Å². The SMILES string of the molecule is CCCCn1c(=O)n(CC(=O)Nc2cccc(S(C)(=O)=O)c2)c(=O)c2c1ncn2Cc1ccco1. The average molecular weight is 500 g/mol. The zero-order chi connectivity index (χ0) is 25.2. The lowest BCUT2D eigenvalue weighted by Crippen LogP contribution is -2.43. The molecule has 1 aromatic carbocycles. The van der Waals surface area contributed by atoms with Crippen LogP contribution >= 0.6 is 0 Å². The summed E-state index contributed by atoms with van der Waals surface area (Å²) < 4.78 is 32.8. The Morgan fingerprint density at radius 1 is 1.14 bits per heavy atom. The van der Waals surface area contributed by atoms with Gasteiger partial charge in [0.2, 0.25) is 5.91 Å².